The number of pyridine rings is 1. The first kappa shape index (κ1) is 10.3. The minimum Gasteiger partial charge on any atom is -0.337 e. The van der Waals surface area contributed by atoms with Crippen LogP contribution < -0.4 is 5.43 Å². The van der Waals surface area contributed by atoms with Gasteiger partial charge in [-0.1, -0.05) is 12.1 Å². The van der Waals surface area contributed by atoms with E-state index in [4.69, 9.17) is 0 Å². The molecular weight excluding hydrogens is 210 g/mol. The molecule has 0 aromatic carbocycles. The first-order valence-corrected chi connectivity index (χ1v) is 5.98. The van der Waals surface area contributed by atoms with E-state index in [1.807, 2.05) is 18.2 Å². The van der Waals surface area contributed by atoms with E-state index in [2.05, 4.69) is 24.1 Å². The number of rotatable bonds is 1. The average molecular weight is 225 g/mol. The quantitative estimate of drug-likeness (QED) is 0.684. The summed E-state index contributed by atoms with van der Waals surface area (Å²) in [6.45, 7) is 5.96. The Kier molecular flexibility index (Phi) is 2.18. The lowest BCUT2D eigenvalue weighted by atomic mass is 10.0. The molecule has 17 heavy (non-hydrogen) atoms. The molecule has 2 aliphatic heterocycles. The van der Waals surface area contributed by atoms with Crippen LogP contribution in [0.1, 0.15) is 23.7 Å². The molecule has 0 aromatic heterocycles. The van der Waals surface area contributed by atoms with E-state index >= 15 is 0 Å². The van der Waals surface area contributed by atoms with Crippen LogP contribution in [0, 0.1) is 6.92 Å². The molecule has 0 spiro atoms. The lowest BCUT2D eigenvalue weighted by Crippen LogP contribution is -2.14. The highest BCUT2D eigenvalue weighted by Crippen LogP contribution is 2.34. The number of aromatic nitrogens is 1. The van der Waals surface area contributed by atoms with Gasteiger partial charge in [0, 0.05) is 11.3 Å². The predicted octanol–water partition coefficient (Wildman–Crippen LogP) is 2.93. The molecule has 2 heterocycles. The van der Waals surface area contributed by atoms with Crippen molar-refractivity contribution in [2.75, 3.05) is 0 Å². The lowest BCUT2D eigenvalue weighted by Gasteiger charge is -2.20. The molecule has 0 bridgehead atoms. The predicted molar refractivity (Wildman–Crippen MR) is 69.6 cm³/mol. The van der Waals surface area contributed by atoms with E-state index in [0.717, 1.165) is 29.7 Å². The van der Waals surface area contributed by atoms with Crippen LogP contribution in [0.25, 0.3) is 11.3 Å². The van der Waals surface area contributed by atoms with Gasteiger partial charge in [-0.05, 0) is 43.5 Å². The monoisotopic (exact) mass is 225 g/mol. The van der Waals surface area contributed by atoms with Crippen molar-refractivity contribution < 1.29 is 0 Å². The van der Waals surface area contributed by atoms with Gasteiger partial charge < -0.3 is 4.57 Å². The number of hydrogen-bond donors (Lipinski definition) is 0. The van der Waals surface area contributed by atoms with Crippen LogP contribution in [0.3, 0.4) is 0 Å². The minimum absolute atomic E-state index is 0.107. The zero-order valence-corrected chi connectivity index (χ0v) is 9.94. The van der Waals surface area contributed by atoms with Crippen LogP contribution in [-0.2, 0) is 6.42 Å². The summed E-state index contributed by atoms with van der Waals surface area (Å²) < 4.78 is 2.28. The van der Waals surface area contributed by atoms with E-state index in [-0.39, 0.29) is 5.43 Å². The second-order valence-electron chi connectivity index (χ2n) is 4.68. The van der Waals surface area contributed by atoms with Crippen LogP contribution >= 0.6 is 0 Å². The van der Waals surface area contributed by atoms with E-state index in [1.54, 1.807) is 6.07 Å². The van der Waals surface area contributed by atoms with Crippen molar-refractivity contribution in [2.45, 2.75) is 25.8 Å². The van der Waals surface area contributed by atoms with Crippen molar-refractivity contribution in [1.29, 1.82) is 0 Å². The first-order chi connectivity index (χ1) is 8.22. The Bertz CT molecular complexity index is 624. The van der Waals surface area contributed by atoms with E-state index in [0.29, 0.717) is 6.04 Å². The Hall–Kier alpha value is -1.83. The molecular formula is C15H15NO. The molecule has 0 fully saturated rings. The maximum atomic E-state index is 11.9. The molecule has 3 aliphatic rings. The summed E-state index contributed by atoms with van der Waals surface area (Å²) in [6.07, 6.45) is 4.13. The van der Waals surface area contributed by atoms with Crippen molar-refractivity contribution >= 4 is 0 Å². The molecule has 1 atom stereocenters. The zero-order chi connectivity index (χ0) is 12.0. The lowest BCUT2D eigenvalue weighted by molar-refractivity contribution is 0.644. The van der Waals surface area contributed by atoms with Crippen molar-refractivity contribution in [3.8, 4) is 11.3 Å². The fraction of sp³-hybridized carbons (Fsp3) is 0.267. The summed E-state index contributed by atoms with van der Waals surface area (Å²) in [5.41, 5.74) is 4.47. The number of nitrogens with zero attached hydrogens (tertiary/aromatic N) is 1. The van der Waals surface area contributed by atoms with Crippen LogP contribution in [0.2, 0.25) is 0 Å². The van der Waals surface area contributed by atoms with Crippen LogP contribution in [0.15, 0.2) is 41.7 Å². The Morgan fingerprint density at radius 3 is 2.94 bits per heavy atom. The summed E-state index contributed by atoms with van der Waals surface area (Å²) in [4.78, 5) is 11.9. The smallest absolute Gasteiger partial charge is 0.187 e. The van der Waals surface area contributed by atoms with Gasteiger partial charge >= 0.3 is 0 Å². The molecule has 0 saturated heterocycles. The van der Waals surface area contributed by atoms with Crippen molar-refractivity contribution in [3.63, 3.8) is 0 Å². The maximum absolute atomic E-state index is 11.9. The minimum atomic E-state index is 0.107. The third-order valence-corrected chi connectivity index (χ3v) is 3.67. The zero-order valence-electron chi connectivity index (χ0n) is 9.94. The molecule has 2 heteroatoms. The molecule has 0 N–H and O–H groups in total. The van der Waals surface area contributed by atoms with Gasteiger partial charge in [-0.15, -0.1) is 6.58 Å². The summed E-state index contributed by atoms with van der Waals surface area (Å²) in [6, 6.07) is 7.93. The van der Waals surface area contributed by atoms with Gasteiger partial charge in [-0.25, -0.2) is 0 Å². The Morgan fingerprint density at radius 1 is 1.35 bits per heavy atom. The molecule has 0 unspecified atom stereocenters. The van der Waals surface area contributed by atoms with Gasteiger partial charge in [0.25, 0.3) is 0 Å². The molecule has 3 rings (SSSR count). The first-order valence-electron chi connectivity index (χ1n) is 5.98. The van der Waals surface area contributed by atoms with Crippen LogP contribution in [-0.4, -0.2) is 4.57 Å². The highest BCUT2D eigenvalue weighted by atomic mass is 16.1. The third kappa shape index (κ3) is 1.37. The van der Waals surface area contributed by atoms with Crippen LogP contribution in [0.4, 0.5) is 0 Å². The molecule has 0 saturated carbocycles. The molecule has 86 valence electrons. The largest absolute Gasteiger partial charge is 0.337 e. The topological polar surface area (TPSA) is 22.0 Å². The third-order valence-electron chi connectivity index (χ3n) is 3.67. The summed E-state index contributed by atoms with van der Waals surface area (Å²) in [5.74, 6) is 0. The average Bonchev–Trinajstić information content (AvgIpc) is 2.76. The number of hydrogen-bond acceptors (Lipinski definition) is 1. The van der Waals surface area contributed by atoms with Gasteiger partial charge in [0.1, 0.15) is 0 Å². The van der Waals surface area contributed by atoms with Gasteiger partial charge in [0.05, 0.1) is 11.7 Å². The van der Waals surface area contributed by atoms with Crippen molar-refractivity contribution in [1.82, 2.24) is 4.57 Å². The number of allylic oxidation sites excluding steroid dienone is 1. The Morgan fingerprint density at radius 2 is 2.18 bits per heavy atom. The number of benzene rings is 1. The van der Waals surface area contributed by atoms with Crippen LogP contribution in [0.5, 0.6) is 0 Å². The van der Waals surface area contributed by atoms with E-state index in [1.165, 1.54) is 5.69 Å². The molecule has 1 aliphatic carbocycles. The van der Waals surface area contributed by atoms with E-state index < -0.39 is 0 Å². The Balaban J connectivity index is 2.43. The molecule has 0 amide bonds. The van der Waals surface area contributed by atoms with Gasteiger partial charge in [-0.3, -0.25) is 4.79 Å². The number of fused-ring (bicyclic) bond motifs is 3. The van der Waals surface area contributed by atoms with Crippen molar-refractivity contribution in [3.05, 3.63) is 58.4 Å². The summed E-state index contributed by atoms with van der Waals surface area (Å²) >= 11 is 0. The normalized spacial score (nSPS) is 18.3. The SMILES string of the molecule is C=C[C@@H]1CCc2ccc3c(=O)ccc(C)c-3n21. The van der Waals surface area contributed by atoms with Gasteiger partial charge in [0.2, 0.25) is 0 Å². The highest BCUT2D eigenvalue weighted by molar-refractivity contribution is 5.66. The summed E-state index contributed by atoms with van der Waals surface area (Å²) in [5, 5.41) is 0. The fourth-order valence-corrected chi connectivity index (χ4v) is 2.81. The number of aryl methyl sites for hydroxylation is 2. The van der Waals surface area contributed by atoms with Gasteiger partial charge in [-0.2, -0.15) is 0 Å². The highest BCUT2D eigenvalue weighted by Gasteiger charge is 2.24. The van der Waals surface area contributed by atoms with Crippen molar-refractivity contribution in [2.24, 2.45) is 0 Å². The summed E-state index contributed by atoms with van der Waals surface area (Å²) in [7, 11) is 0. The maximum Gasteiger partial charge on any atom is 0.187 e. The second-order valence-corrected chi connectivity index (χ2v) is 4.68. The second kappa shape index (κ2) is 3.59. The van der Waals surface area contributed by atoms with E-state index in [9.17, 15) is 4.79 Å². The van der Waals surface area contributed by atoms with Gasteiger partial charge in [0.15, 0.2) is 5.43 Å². The Labute approximate surface area is 101 Å². The molecule has 2 nitrogen and oxygen atoms in total. The molecule has 0 aromatic rings. The standard InChI is InChI=1S/C15H15NO/c1-3-11-5-6-12-7-8-13-14(17)9-4-10(2)15(13)16(11)12/h3-4,7-9,11H,1,5-6H2,2H3/t11-/m1/s1. The molecule has 0 radical (unpaired) electrons. The fourth-order valence-electron chi connectivity index (χ4n) is 2.81.